The minimum absolute atomic E-state index is 0.0135. The number of nitrogens with one attached hydrogen (secondary N) is 1. The molecule has 0 saturated heterocycles. The van der Waals surface area contributed by atoms with Crippen LogP contribution in [0.3, 0.4) is 0 Å². The highest BCUT2D eigenvalue weighted by molar-refractivity contribution is 9.11. The van der Waals surface area contributed by atoms with Crippen molar-refractivity contribution in [3.8, 4) is 112 Å². The van der Waals surface area contributed by atoms with Crippen molar-refractivity contribution >= 4 is 160 Å². The number of rotatable bonds is 11. The summed E-state index contributed by atoms with van der Waals surface area (Å²) < 4.78 is 28.3. The van der Waals surface area contributed by atoms with Crippen molar-refractivity contribution in [3.63, 3.8) is 0 Å². The first-order valence-corrected chi connectivity index (χ1v) is 49.3. The Morgan fingerprint density at radius 2 is 0.645 bits per heavy atom. The van der Waals surface area contributed by atoms with Crippen LogP contribution >= 0.6 is 47.8 Å². The fourth-order valence-corrected chi connectivity index (χ4v) is 20.6. The van der Waals surface area contributed by atoms with Crippen LogP contribution in [0, 0.1) is 0 Å². The van der Waals surface area contributed by atoms with E-state index in [0.717, 1.165) is 102 Å². The van der Waals surface area contributed by atoms with E-state index >= 15 is 0 Å². The van der Waals surface area contributed by atoms with Crippen molar-refractivity contribution in [1.29, 1.82) is 0 Å². The van der Waals surface area contributed by atoms with Gasteiger partial charge in [0.15, 0.2) is 0 Å². The number of nitrogens with two attached hydrogens (primary N) is 1. The number of carbonyl (C=O) groups excluding carboxylic acids is 1. The molecule has 141 heavy (non-hydrogen) atoms. The van der Waals surface area contributed by atoms with Gasteiger partial charge in [-0.25, -0.2) is 0 Å². The first-order chi connectivity index (χ1) is 68.8. The summed E-state index contributed by atoms with van der Waals surface area (Å²) in [6, 6.07) is 158. The highest BCUT2D eigenvalue weighted by Gasteiger charge is 2.37. The molecule has 0 bridgehead atoms. The molecular weight excluding hydrogens is 1930 g/mol. The van der Waals surface area contributed by atoms with Crippen molar-refractivity contribution in [2.45, 2.75) is 45.4 Å². The lowest BCUT2D eigenvalue weighted by molar-refractivity contribution is -0.114. The minimum atomic E-state index is -0.0340. The van der Waals surface area contributed by atoms with Crippen molar-refractivity contribution in [3.05, 3.63) is 491 Å². The molecule has 13 heteroatoms. The van der Waals surface area contributed by atoms with Gasteiger partial charge in [-0.2, -0.15) is 0 Å². The first-order valence-electron chi connectivity index (χ1n) is 47.0. The van der Waals surface area contributed by atoms with Crippen LogP contribution in [-0.4, -0.2) is 23.2 Å². The Morgan fingerprint density at radius 1 is 0.298 bits per heavy atom. The average molecular weight is 2020 g/mol. The van der Waals surface area contributed by atoms with Crippen LogP contribution in [-0.2, 0) is 15.6 Å². The van der Waals surface area contributed by atoms with Gasteiger partial charge in [0, 0.05) is 96.9 Å². The van der Waals surface area contributed by atoms with E-state index in [1.165, 1.54) is 146 Å². The number of para-hydroxylation sites is 6. The molecule has 4 heterocycles. The third-order valence-electron chi connectivity index (χ3n) is 26.9. The molecule has 2 aliphatic rings. The molecule has 0 atom stereocenters. The quantitative estimate of drug-likeness (QED) is 0.0869. The number of nitrogen functional groups attached to an aromatic ring is 1. The van der Waals surface area contributed by atoms with Crippen molar-refractivity contribution < 1.29 is 27.7 Å². The molecule has 1 radical (unpaired) electrons. The topological polar surface area (TPSA) is 129 Å². The van der Waals surface area contributed by atoms with Crippen LogP contribution < -0.4 is 15.7 Å². The van der Waals surface area contributed by atoms with Crippen LogP contribution in [0.5, 0.6) is 5.75 Å². The number of carbonyl (C=O) groups is 1. The third kappa shape index (κ3) is 18.8. The molecule has 681 valence electrons. The van der Waals surface area contributed by atoms with Gasteiger partial charge in [0.05, 0.1) is 11.0 Å². The van der Waals surface area contributed by atoms with E-state index in [2.05, 4.69) is 461 Å². The first kappa shape index (κ1) is 91.5. The summed E-state index contributed by atoms with van der Waals surface area (Å²) in [6.07, 6.45) is 0. The summed E-state index contributed by atoms with van der Waals surface area (Å²) in [7, 11) is 0.670. The van der Waals surface area contributed by atoms with Crippen molar-refractivity contribution in [2.24, 2.45) is 0 Å². The lowest BCUT2D eigenvalue weighted by Gasteiger charge is -2.21. The normalized spacial score (nSPS) is 12.2. The van der Waals surface area contributed by atoms with E-state index in [1.807, 2.05) is 72.8 Å². The molecule has 4 N–H and O–H groups in total. The SMILES string of the molecule is Brc1ccc(-c2ccc(-c3ccc(-c4ccc5c(c4)c4ccccc4n5-c4ccccc4)cc3)cc2)cc1.Brc1ccc(-c2ccc(-c3ccc4oc5ccccc5c4c3)cc2)cc1.Brc1ccc(-c2ccc(-c3cccc4c3oc3ccccc34)cc2)cc1.CC(=O)Nc1ccc2c(c1)C(C)(C)c1ccccc1-2.CC1(C)c2ccccc2-c2ccc(N)cc21.O[B]Oc1ccc2oc3ccccc3c2c1. The monoisotopic (exact) mass is 2020 g/mol. The molecule has 9 nitrogen and oxygen atoms in total. The molecule has 0 fully saturated rings. The lowest BCUT2D eigenvalue weighted by Crippen LogP contribution is -2.15. The second kappa shape index (κ2) is 39.6. The summed E-state index contributed by atoms with van der Waals surface area (Å²) in [6.45, 7) is 10.5. The van der Waals surface area contributed by atoms with Gasteiger partial charge in [-0.15, -0.1) is 0 Å². The number of halogens is 3. The number of anilines is 2. The number of furan rings is 3. The number of aromatic nitrogens is 1. The Morgan fingerprint density at radius 3 is 1.14 bits per heavy atom. The number of hydrogen-bond donors (Lipinski definition) is 3. The smallest absolute Gasteiger partial charge is 0.537 e. The molecule has 1 amide bonds. The van der Waals surface area contributed by atoms with E-state index in [-0.39, 0.29) is 16.7 Å². The van der Waals surface area contributed by atoms with Gasteiger partial charge in [0.1, 0.15) is 39.2 Å². The van der Waals surface area contributed by atoms with Gasteiger partial charge in [-0.1, -0.05) is 391 Å². The fraction of sp³-hybridized carbons (Fsp3) is 0.0547. The highest BCUT2D eigenvalue weighted by atomic mass is 79.9. The Balaban J connectivity index is 0.000000103. The molecule has 20 aromatic carbocycles. The Kier molecular flexibility index (Phi) is 25.7. The Bertz CT molecular complexity index is 8740. The second-order valence-electron chi connectivity index (χ2n) is 36.4. The van der Waals surface area contributed by atoms with Crippen LogP contribution in [0.2, 0.25) is 0 Å². The Hall–Kier alpha value is -15.9. The molecule has 0 aliphatic heterocycles. The molecular formula is C128H94BBr3N3O6. The summed E-state index contributed by atoms with van der Waals surface area (Å²) in [4.78, 5) is 11.2. The van der Waals surface area contributed by atoms with Gasteiger partial charge in [-0.3, -0.25) is 4.79 Å². The number of benzene rings is 20. The van der Waals surface area contributed by atoms with Crippen LogP contribution in [0.25, 0.3) is 193 Å². The van der Waals surface area contributed by atoms with Gasteiger partial charge in [0.25, 0.3) is 0 Å². The summed E-state index contributed by atoms with van der Waals surface area (Å²) in [5, 5.41) is 20.7. The number of hydrogen-bond acceptors (Lipinski definition) is 7. The van der Waals surface area contributed by atoms with E-state index in [1.54, 1.807) is 6.07 Å². The lowest BCUT2D eigenvalue weighted by atomic mass is 9.82. The second-order valence-corrected chi connectivity index (χ2v) is 39.2. The van der Waals surface area contributed by atoms with E-state index in [0.29, 0.717) is 13.4 Å². The number of nitrogens with zero attached hydrogens (tertiary/aromatic N) is 1. The summed E-state index contributed by atoms with van der Waals surface area (Å²) >= 11 is 10.5. The van der Waals surface area contributed by atoms with Gasteiger partial charge >= 0.3 is 7.69 Å². The van der Waals surface area contributed by atoms with Gasteiger partial charge < -0.3 is 38.5 Å². The molecule has 0 spiro atoms. The van der Waals surface area contributed by atoms with Crippen LogP contribution in [0.15, 0.2) is 482 Å². The predicted octanol–water partition coefficient (Wildman–Crippen LogP) is 35.9. The predicted molar refractivity (Wildman–Crippen MR) is 598 cm³/mol. The average Bonchev–Trinajstić information content (AvgIpc) is 1.59. The zero-order chi connectivity index (χ0) is 96.4. The van der Waals surface area contributed by atoms with Crippen molar-refractivity contribution in [1.82, 2.24) is 4.57 Å². The van der Waals surface area contributed by atoms with E-state index in [9.17, 15) is 4.79 Å². The minimum Gasteiger partial charge on any atom is -0.537 e. The molecule has 24 aromatic rings. The zero-order valence-corrected chi connectivity index (χ0v) is 82.8. The largest absolute Gasteiger partial charge is 0.569 e. The fourth-order valence-electron chi connectivity index (χ4n) is 19.8. The van der Waals surface area contributed by atoms with Gasteiger partial charge in [-0.05, 0) is 256 Å². The number of amides is 1. The van der Waals surface area contributed by atoms with Crippen molar-refractivity contribution in [2.75, 3.05) is 11.1 Å². The summed E-state index contributed by atoms with van der Waals surface area (Å²) in [5.41, 5.74) is 44.2. The standard InChI is InChI=1S/C36H24BrN.2C24H15BrO.C17H17NO.C15H15N.C12H8BO3/c37-31-21-18-28(19-22-31)27-12-10-25(11-13-27)26-14-16-29(17-15-26)30-20-23-36-34(24-30)33-8-4-5-9-35(33)38(36)32-6-2-1-3-7-32;25-19-14-12-17(13-15-19)16-8-10-18(11-9-16)20-5-3-6-22-21-4-1-2-7-23(21)26-24(20)22;25-20-12-9-17(10-13-20)16-5-7-18(8-6-16)19-11-14-24-22(15-19)21-3-1-2-4-23(21)26-24;1-11(19)18-12-8-9-14-13-6-4-5-7-15(13)17(2,3)16(14)10-12;1-15(2)13-6-4-3-5-11(13)12-8-7-10(16)9-14(12)15;14-13-16-8-5-6-12-10(7-8)9-3-1-2-4-11(9)15-12/h1-24H;2*1-15H;4-10H,1-3H3,(H,18,19);3-9H,16H2,1-2H3;1-7,14H. The molecule has 2 aliphatic carbocycles. The zero-order valence-electron chi connectivity index (χ0n) is 78.0. The molecule has 4 aromatic heterocycles. The maximum Gasteiger partial charge on any atom is 0.569 e. The maximum atomic E-state index is 11.2. The van der Waals surface area contributed by atoms with E-state index in [4.69, 9.17) is 28.7 Å². The van der Waals surface area contributed by atoms with Crippen LogP contribution in [0.4, 0.5) is 11.4 Å². The summed E-state index contributed by atoms with van der Waals surface area (Å²) in [5.74, 6) is 0.551. The highest BCUT2D eigenvalue weighted by Crippen LogP contribution is 2.52. The Labute approximate surface area is 844 Å². The van der Waals surface area contributed by atoms with Gasteiger partial charge in [0.2, 0.25) is 5.91 Å². The van der Waals surface area contributed by atoms with Crippen LogP contribution in [0.1, 0.15) is 56.9 Å². The third-order valence-corrected chi connectivity index (χ3v) is 28.5. The maximum absolute atomic E-state index is 11.2. The molecule has 0 saturated carbocycles. The molecule has 0 unspecified atom stereocenters. The van der Waals surface area contributed by atoms with E-state index < -0.39 is 0 Å². The molecule has 26 rings (SSSR count). The number of fused-ring (bicyclic) bond motifs is 18.